The molecule has 1 aromatic heterocycles. The van der Waals surface area contributed by atoms with Crippen LogP contribution in [0.2, 0.25) is 0 Å². The summed E-state index contributed by atoms with van der Waals surface area (Å²) in [6.07, 6.45) is 0.139. The third-order valence-corrected chi connectivity index (χ3v) is 5.63. The molecule has 4 rings (SSSR count). The summed E-state index contributed by atoms with van der Waals surface area (Å²) in [6.45, 7) is 1.25. The van der Waals surface area contributed by atoms with E-state index in [-0.39, 0.29) is 17.6 Å². The number of nitrogens with one attached hydrogen (secondary N) is 1. The molecule has 0 bridgehead atoms. The number of carbonyl (C=O) groups excluding carboxylic acids is 2. The van der Waals surface area contributed by atoms with Crippen LogP contribution >= 0.6 is 0 Å². The first-order valence-corrected chi connectivity index (χ1v) is 8.76. The lowest BCUT2D eigenvalue weighted by atomic mass is 9.81. The molecule has 1 spiro atoms. The Morgan fingerprint density at radius 3 is 2.35 bits per heavy atom. The van der Waals surface area contributed by atoms with Crippen LogP contribution in [-0.4, -0.2) is 46.5 Å². The van der Waals surface area contributed by atoms with Gasteiger partial charge in [-0.05, 0) is 57.3 Å². The molecular formula is C17H19F3N4O2. The second-order valence-electron chi connectivity index (χ2n) is 7.06. The lowest BCUT2D eigenvalue weighted by Gasteiger charge is -2.45. The Morgan fingerprint density at radius 2 is 1.85 bits per heavy atom. The monoisotopic (exact) mass is 368 g/mol. The number of hydrogen-bond acceptors (Lipinski definition) is 4. The number of piperidine rings is 1. The van der Waals surface area contributed by atoms with Gasteiger partial charge < -0.3 is 10.2 Å². The number of carbonyl (C=O) groups is 2. The number of imide groups is 1. The molecule has 1 aromatic rings. The largest absolute Gasteiger partial charge is 0.433 e. The number of rotatable bonds is 2. The van der Waals surface area contributed by atoms with Crippen LogP contribution in [0.25, 0.3) is 0 Å². The molecule has 3 heterocycles. The summed E-state index contributed by atoms with van der Waals surface area (Å²) in [5.74, 6) is -0.350. The summed E-state index contributed by atoms with van der Waals surface area (Å²) >= 11 is 0. The Morgan fingerprint density at radius 1 is 1.15 bits per heavy atom. The average molecular weight is 368 g/mol. The fraction of sp³-hybridized carbons (Fsp3) is 0.588. The van der Waals surface area contributed by atoms with Crippen molar-refractivity contribution in [1.82, 2.24) is 15.2 Å². The summed E-state index contributed by atoms with van der Waals surface area (Å²) < 4.78 is 38.2. The van der Waals surface area contributed by atoms with Gasteiger partial charge in [0, 0.05) is 6.04 Å². The van der Waals surface area contributed by atoms with Gasteiger partial charge in [-0.2, -0.15) is 13.2 Å². The molecule has 1 aliphatic carbocycles. The molecule has 3 amide bonds. The van der Waals surface area contributed by atoms with E-state index in [1.165, 1.54) is 0 Å². The summed E-state index contributed by atoms with van der Waals surface area (Å²) in [4.78, 5) is 32.4. The Hall–Kier alpha value is -2.16. The van der Waals surface area contributed by atoms with Gasteiger partial charge >= 0.3 is 12.2 Å². The van der Waals surface area contributed by atoms with E-state index in [2.05, 4.69) is 10.3 Å². The second-order valence-corrected chi connectivity index (χ2v) is 7.06. The van der Waals surface area contributed by atoms with E-state index in [4.69, 9.17) is 0 Å². The number of aromatic nitrogens is 1. The zero-order chi connectivity index (χ0) is 18.5. The van der Waals surface area contributed by atoms with E-state index in [9.17, 15) is 22.8 Å². The Bertz CT molecular complexity index is 725. The van der Waals surface area contributed by atoms with Gasteiger partial charge in [0.2, 0.25) is 0 Å². The minimum Gasteiger partial charge on any atom is -0.317 e. The summed E-state index contributed by atoms with van der Waals surface area (Å²) in [5, 5.41) is 3.20. The number of halogens is 3. The van der Waals surface area contributed by atoms with Gasteiger partial charge in [-0.1, -0.05) is 0 Å². The maximum absolute atomic E-state index is 13.2. The first kappa shape index (κ1) is 17.3. The van der Waals surface area contributed by atoms with Crippen LogP contribution < -0.4 is 10.2 Å². The second kappa shape index (κ2) is 5.94. The fourth-order valence-electron chi connectivity index (χ4n) is 4.05. The minimum atomic E-state index is -4.56. The van der Waals surface area contributed by atoms with Crippen molar-refractivity contribution in [2.45, 2.75) is 49.9 Å². The van der Waals surface area contributed by atoms with Crippen molar-refractivity contribution in [2.75, 3.05) is 18.0 Å². The predicted molar refractivity (Wildman–Crippen MR) is 86.4 cm³/mol. The molecule has 1 saturated carbocycles. The van der Waals surface area contributed by atoms with Crippen molar-refractivity contribution in [1.29, 1.82) is 0 Å². The van der Waals surface area contributed by atoms with Crippen LogP contribution in [-0.2, 0) is 11.0 Å². The Labute approximate surface area is 148 Å². The zero-order valence-corrected chi connectivity index (χ0v) is 14.1. The van der Waals surface area contributed by atoms with Crippen LogP contribution in [0.15, 0.2) is 18.3 Å². The highest BCUT2D eigenvalue weighted by atomic mass is 19.4. The van der Waals surface area contributed by atoms with E-state index in [0.29, 0.717) is 25.9 Å². The summed E-state index contributed by atoms with van der Waals surface area (Å²) in [6, 6.07) is 1.53. The first-order valence-electron chi connectivity index (χ1n) is 8.76. The smallest absolute Gasteiger partial charge is 0.317 e. The summed E-state index contributed by atoms with van der Waals surface area (Å²) in [5.41, 5.74) is -1.85. The lowest BCUT2D eigenvalue weighted by molar-refractivity contribution is -0.141. The van der Waals surface area contributed by atoms with Crippen molar-refractivity contribution < 1.29 is 22.8 Å². The number of pyridine rings is 1. The number of anilines is 1. The van der Waals surface area contributed by atoms with E-state index in [1.807, 2.05) is 0 Å². The normalized spacial score (nSPS) is 23.7. The van der Waals surface area contributed by atoms with Crippen LogP contribution in [0.3, 0.4) is 0 Å². The topological polar surface area (TPSA) is 65.5 Å². The van der Waals surface area contributed by atoms with E-state index < -0.39 is 23.4 Å². The van der Waals surface area contributed by atoms with Gasteiger partial charge in [-0.3, -0.25) is 4.79 Å². The van der Waals surface area contributed by atoms with E-state index in [0.717, 1.165) is 42.5 Å². The molecule has 0 radical (unpaired) electrons. The van der Waals surface area contributed by atoms with Gasteiger partial charge in [-0.25, -0.2) is 14.7 Å². The molecule has 1 N–H and O–H groups in total. The van der Waals surface area contributed by atoms with Crippen LogP contribution in [0.5, 0.6) is 0 Å². The number of alkyl halides is 3. The molecule has 0 aromatic carbocycles. The molecular weight excluding hydrogens is 349 g/mol. The van der Waals surface area contributed by atoms with Crippen molar-refractivity contribution in [2.24, 2.45) is 0 Å². The van der Waals surface area contributed by atoms with Crippen molar-refractivity contribution in [3.05, 3.63) is 24.0 Å². The molecule has 26 heavy (non-hydrogen) atoms. The van der Waals surface area contributed by atoms with Gasteiger partial charge in [0.25, 0.3) is 5.91 Å². The Kier molecular flexibility index (Phi) is 3.94. The number of nitrogens with zero attached hydrogens (tertiary/aromatic N) is 3. The highest BCUT2D eigenvalue weighted by Gasteiger charge is 2.60. The van der Waals surface area contributed by atoms with Gasteiger partial charge in [0.15, 0.2) is 0 Å². The fourth-order valence-corrected chi connectivity index (χ4v) is 4.05. The molecule has 0 atom stereocenters. The predicted octanol–water partition coefficient (Wildman–Crippen LogP) is 2.54. The van der Waals surface area contributed by atoms with Crippen molar-refractivity contribution in [3.8, 4) is 0 Å². The van der Waals surface area contributed by atoms with Crippen molar-refractivity contribution in [3.63, 3.8) is 0 Å². The molecule has 140 valence electrons. The van der Waals surface area contributed by atoms with Crippen LogP contribution in [0, 0.1) is 0 Å². The van der Waals surface area contributed by atoms with E-state index in [1.54, 1.807) is 4.90 Å². The number of amides is 3. The molecule has 9 heteroatoms. The third kappa shape index (κ3) is 2.48. The SMILES string of the molecule is O=C1N(c2ccc(C(F)(F)F)nc2)C(=O)C2(CCNCC2)N1C1CCC1. The molecule has 3 fully saturated rings. The molecule has 2 aliphatic heterocycles. The average Bonchev–Trinajstić information content (AvgIpc) is 2.76. The van der Waals surface area contributed by atoms with Crippen LogP contribution in [0.4, 0.5) is 23.7 Å². The molecule has 6 nitrogen and oxygen atoms in total. The molecule has 2 saturated heterocycles. The minimum absolute atomic E-state index is 0.0250. The highest BCUT2D eigenvalue weighted by molar-refractivity contribution is 6.23. The van der Waals surface area contributed by atoms with E-state index >= 15 is 0 Å². The maximum Gasteiger partial charge on any atom is 0.433 e. The molecule has 0 unspecified atom stereocenters. The molecule has 3 aliphatic rings. The van der Waals surface area contributed by atoms with Crippen molar-refractivity contribution >= 4 is 17.6 Å². The number of urea groups is 1. The maximum atomic E-state index is 13.2. The Balaban J connectivity index is 1.70. The van der Waals surface area contributed by atoms with Crippen LogP contribution in [0.1, 0.15) is 37.8 Å². The van der Waals surface area contributed by atoms with Gasteiger partial charge in [-0.15, -0.1) is 0 Å². The highest BCUT2D eigenvalue weighted by Crippen LogP contribution is 2.43. The van der Waals surface area contributed by atoms with Gasteiger partial charge in [0.1, 0.15) is 11.2 Å². The number of hydrogen-bond donors (Lipinski definition) is 1. The summed E-state index contributed by atoms with van der Waals surface area (Å²) in [7, 11) is 0. The lowest BCUT2D eigenvalue weighted by Crippen LogP contribution is -2.60. The first-order chi connectivity index (χ1) is 12.3. The quantitative estimate of drug-likeness (QED) is 0.815. The van der Waals surface area contributed by atoms with Gasteiger partial charge in [0.05, 0.1) is 11.9 Å². The third-order valence-electron chi connectivity index (χ3n) is 5.63. The zero-order valence-electron chi connectivity index (χ0n) is 14.1. The standard InChI is InChI=1S/C17H19F3N4O2/c18-17(19,20)13-5-4-12(10-22-13)23-14(25)16(6-8-21-9-7-16)24(15(23)26)11-2-1-3-11/h4-5,10-11,21H,1-3,6-9H2.